The molecule has 1 saturated carbocycles. The number of carbonyl (C=O) groups excluding carboxylic acids is 1. The van der Waals surface area contributed by atoms with Gasteiger partial charge in [0.1, 0.15) is 9.88 Å². The van der Waals surface area contributed by atoms with E-state index in [2.05, 4.69) is 27.8 Å². The molecule has 0 amide bonds. The van der Waals surface area contributed by atoms with Gasteiger partial charge in [-0.05, 0) is 50.8 Å². The van der Waals surface area contributed by atoms with Crippen LogP contribution in [0.15, 0.2) is 24.4 Å². The van der Waals surface area contributed by atoms with Gasteiger partial charge in [-0.1, -0.05) is 0 Å². The third-order valence-electron chi connectivity index (χ3n) is 4.57. The molecule has 0 radical (unpaired) electrons. The molecule has 1 aromatic carbocycles. The number of thiazole rings is 1. The number of fused-ring (bicyclic) bond motifs is 1. The number of rotatable bonds is 5. The lowest BCUT2D eigenvalue weighted by Crippen LogP contribution is -2.03. The van der Waals surface area contributed by atoms with Gasteiger partial charge in [-0.2, -0.15) is 0 Å². The zero-order valence-electron chi connectivity index (χ0n) is 14.4. The Labute approximate surface area is 150 Å². The Morgan fingerprint density at radius 2 is 2.24 bits per heavy atom. The van der Waals surface area contributed by atoms with Crippen LogP contribution in [0.3, 0.4) is 0 Å². The van der Waals surface area contributed by atoms with Crippen LogP contribution in [0.5, 0.6) is 0 Å². The van der Waals surface area contributed by atoms with Crippen molar-refractivity contribution in [2.45, 2.75) is 33.2 Å². The van der Waals surface area contributed by atoms with Crippen molar-refractivity contribution in [3.63, 3.8) is 0 Å². The molecule has 6 heteroatoms. The largest absolute Gasteiger partial charge is 0.462 e. The third kappa shape index (κ3) is 3.02. The third-order valence-corrected chi connectivity index (χ3v) is 5.75. The van der Waals surface area contributed by atoms with Crippen LogP contribution in [0.1, 0.15) is 35.1 Å². The molecular formula is C19H21N3O2S. The van der Waals surface area contributed by atoms with Crippen LogP contribution in [0.2, 0.25) is 0 Å². The molecule has 1 aliphatic carbocycles. The van der Waals surface area contributed by atoms with Crippen molar-refractivity contribution in [1.82, 2.24) is 9.55 Å². The number of hydrogen-bond acceptors (Lipinski definition) is 5. The molecule has 2 aromatic heterocycles. The number of nitrogens with zero attached hydrogens (tertiary/aromatic N) is 2. The fraction of sp³-hybridized carbons (Fsp3) is 0.368. The minimum absolute atomic E-state index is 0.306. The van der Waals surface area contributed by atoms with E-state index in [0.717, 1.165) is 39.6 Å². The number of benzene rings is 1. The highest BCUT2D eigenvalue weighted by Gasteiger charge is 2.23. The van der Waals surface area contributed by atoms with E-state index < -0.39 is 0 Å². The normalized spacial score (nSPS) is 14.2. The summed E-state index contributed by atoms with van der Waals surface area (Å²) in [5, 5.41) is 1.86. The first-order valence-corrected chi connectivity index (χ1v) is 9.41. The smallest absolute Gasteiger partial charge is 0.350 e. The second kappa shape index (κ2) is 6.19. The van der Waals surface area contributed by atoms with Gasteiger partial charge in [-0.25, -0.2) is 9.78 Å². The van der Waals surface area contributed by atoms with Crippen molar-refractivity contribution in [3.8, 4) is 10.6 Å². The first-order valence-electron chi connectivity index (χ1n) is 8.60. The van der Waals surface area contributed by atoms with Crippen molar-refractivity contribution >= 4 is 33.9 Å². The number of hydrogen-bond donors (Lipinski definition) is 1. The number of nitrogens with two attached hydrogens (primary N) is 1. The van der Waals surface area contributed by atoms with Crippen molar-refractivity contribution in [3.05, 3.63) is 35.0 Å². The van der Waals surface area contributed by atoms with Gasteiger partial charge in [-0.15, -0.1) is 11.3 Å². The van der Waals surface area contributed by atoms with Crippen LogP contribution in [0, 0.1) is 12.8 Å². The Morgan fingerprint density at radius 3 is 2.96 bits per heavy atom. The molecule has 2 heterocycles. The van der Waals surface area contributed by atoms with Crippen LogP contribution in [0.4, 0.5) is 5.69 Å². The van der Waals surface area contributed by atoms with Crippen molar-refractivity contribution in [2.24, 2.45) is 5.92 Å². The quantitative estimate of drug-likeness (QED) is 0.695. The minimum atomic E-state index is -0.306. The van der Waals surface area contributed by atoms with Gasteiger partial charge in [0, 0.05) is 23.7 Å². The van der Waals surface area contributed by atoms with E-state index >= 15 is 0 Å². The second-order valence-electron chi connectivity index (χ2n) is 6.57. The molecule has 5 nitrogen and oxygen atoms in total. The average Bonchev–Trinajstić information content (AvgIpc) is 3.24. The SMILES string of the molecule is CCOC(=O)c1sc(-c2ccc3c(c2)c(N)cn3CC2CC2)nc1C. The van der Waals surface area contributed by atoms with Gasteiger partial charge in [0.15, 0.2) is 0 Å². The summed E-state index contributed by atoms with van der Waals surface area (Å²) in [7, 11) is 0. The Kier molecular flexibility index (Phi) is 4.00. The molecule has 2 N–H and O–H groups in total. The predicted octanol–water partition coefficient (Wildman–Crippen LogP) is 4.24. The van der Waals surface area contributed by atoms with Crippen LogP contribution in [-0.4, -0.2) is 22.1 Å². The number of nitrogen functional groups attached to an aromatic ring is 1. The summed E-state index contributed by atoms with van der Waals surface area (Å²) in [5.74, 6) is 0.489. The first kappa shape index (κ1) is 16.1. The van der Waals surface area contributed by atoms with E-state index in [4.69, 9.17) is 10.5 Å². The summed E-state index contributed by atoms with van der Waals surface area (Å²) >= 11 is 1.37. The van der Waals surface area contributed by atoms with Gasteiger partial charge in [0.2, 0.25) is 0 Å². The maximum Gasteiger partial charge on any atom is 0.350 e. The maximum atomic E-state index is 12.0. The molecule has 25 heavy (non-hydrogen) atoms. The van der Waals surface area contributed by atoms with E-state index in [0.29, 0.717) is 17.2 Å². The Morgan fingerprint density at radius 1 is 1.44 bits per heavy atom. The van der Waals surface area contributed by atoms with E-state index in [1.165, 1.54) is 24.2 Å². The Hall–Kier alpha value is -2.34. The molecule has 130 valence electrons. The fourth-order valence-electron chi connectivity index (χ4n) is 3.09. The number of ether oxygens (including phenoxy) is 1. The number of aromatic nitrogens is 2. The van der Waals surface area contributed by atoms with E-state index in [1.54, 1.807) is 6.92 Å². The summed E-state index contributed by atoms with van der Waals surface area (Å²) < 4.78 is 7.35. The molecule has 1 aliphatic rings. The van der Waals surface area contributed by atoms with Gasteiger partial charge in [-0.3, -0.25) is 0 Å². The first-order chi connectivity index (χ1) is 12.1. The van der Waals surface area contributed by atoms with E-state index in [1.807, 2.05) is 13.1 Å². The van der Waals surface area contributed by atoms with Crippen molar-refractivity contribution < 1.29 is 9.53 Å². The molecular weight excluding hydrogens is 334 g/mol. The van der Waals surface area contributed by atoms with Crippen molar-refractivity contribution in [2.75, 3.05) is 12.3 Å². The summed E-state index contributed by atoms with van der Waals surface area (Å²) in [6.45, 7) is 5.04. The maximum absolute atomic E-state index is 12.0. The van der Waals surface area contributed by atoms with E-state index in [9.17, 15) is 4.79 Å². The Bertz CT molecular complexity index is 953. The molecule has 1 fully saturated rings. The standard InChI is InChI=1S/C19H21N3O2S/c1-3-24-19(23)17-11(2)21-18(25-17)13-6-7-16-14(8-13)15(20)10-22(16)9-12-4-5-12/h6-8,10,12H,3-5,9,20H2,1-2H3. The summed E-state index contributed by atoms with van der Waals surface area (Å²) in [5.41, 5.74) is 9.86. The number of aryl methyl sites for hydroxylation is 1. The predicted molar refractivity (Wildman–Crippen MR) is 101 cm³/mol. The molecule has 3 aromatic rings. The molecule has 0 unspecified atom stereocenters. The monoisotopic (exact) mass is 355 g/mol. The van der Waals surface area contributed by atoms with Gasteiger partial charge < -0.3 is 15.0 Å². The number of esters is 1. The molecule has 0 saturated heterocycles. The fourth-order valence-corrected chi connectivity index (χ4v) is 4.05. The zero-order chi connectivity index (χ0) is 17.6. The second-order valence-corrected chi connectivity index (χ2v) is 7.57. The molecule has 0 aliphatic heterocycles. The molecule has 0 spiro atoms. The highest BCUT2D eigenvalue weighted by molar-refractivity contribution is 7.17. The van der Waals surface area contributed by atoms with Crippen LogP contribution >= 0.6 is 11.3 Å². The lowest BCUT2D eigenvalue weighted by molar-refractivity contribution is 0.0531. The van der Waals surface area contributed by atoms with Crippen LogP contribution < -0.4 is 5.73 Å². The molecule has 0 atom stereocenters. The molecule has 0 bridgehead atoms. The Balaban J connectivity index is 1.71. The zero-order valence-corrected chi connectivity index (χ0v) is 15.2. The summed E-state index contributed by atoms with van der Waals surface area (Å²) in [6.07, 6.45) is 4.66. The lowest BCUT2D eigenvalue weighted by Gasteiger charge is -2.04. The summed E-state index contributed by atoms with van der Waals surface area (Å²) in [6, 6.07) is 6.23. The minimum Gasteiger partial charge on any atom is -0.462 e. The molecule has 4 rings (SSSR count). The number of carbonyl (C=O) groups is 1. The van der Waals surface area contributed by atoms with E-state index in [-0.39, 0.29) is 5.97 Å². The highest BCUT2D eigenvalue weighted by atomic mass is 32.1. The lowest BCUT2D eigenvalue weighted by atomic mass is 10.1. The summed E-state index contributed by atoms with van der Waals surface area (Å²) in [4.78, 5) is 17.1. The van der Waals surface area contributed by atoms with Gasteiger partial charge >= 0.3 is 5.97 Å². The highest BCUT2D eigenvalue weighted by Crippen LogP contribution is 2.36. The topological polar surface area (TPSA) is 70.1 Å². The number of anilines is 1. The van der Waals surface area contributed by atoms with Gasteiger partial charge in [0.25, 0.3) is 0 Å². The van der Waals surface area contributed by atoms with Crippen LogP contribution in [0.25, 0.3) is 21.5 Å². The average molecular weight is 355 g/mol. The van der Waals surface area contributed by atoms with Gasteiger partial charge in [0.05, 0.1) is 23.5 Å². The van der Waals surface area contributed by atoms with Crippen LogP contribution in [-0.2, 0) is 11.3 Å². The van der Waals surface area contributed by atoms with Crippen molar-refractivity contribution in [1.29, 1.82) is 0 Å².